The fourth-order valence-corrected chi connectivity index (χ4v) is 3.23. The number of rotatable bonds is 8. The third kappa shape index (κ3) is 5.38. The Bertz CT molecular complexity index is 498. The quantitative estimate of drug-likeness (QED) is 0.716. The molecule has 122 valence electrons. The lowest BCUT2D eigenvalue weighted by atomic mass is 10.1. The van der Waals surface area contributed by atoms with E-state index in [4.69, 9.17) is 4.74 Å². The number of nitrogens with one attached hydrogen (secondary N) is 2. The number of nitrogens with zero attached hydrogens (tertiary/aromatic N) is 1. The molecule has 1 aromatic rings. The largest absolute Gasteiger partial charge is 0.385 e. The molecule has 0 saturated heterocycles. The number of anilines is 1. The number of thiazole rings is 1. The van der Waals surface area contributed by atoms with Crippen molar-refractivity contribution in [2.45, 2.75) is 38.5 Å². The highest BCUT2D eigenvalue weighted by Crippen LogP contribution is 2.26. The Hall–Kier alpha value is -1.47. The number of carbonyl (C=O) groups excluding carboxylic acids is 2. The van der Waals surface area contributed by atoms with Crippen molar-refractivity contribution in [3.05, 3.63) is 11.1 Å². The fourth-order valence-electron chi connectivity index (χ4n) is 2.51. The number of methoxy groups -OCH3 is 1. The van der Waals surface area contributed by atoms with E-state index in [0.29, 0.717) is 24.0 Å². The molecule has 1 saturated carbocycles. The van der Waals surface area contributed by atoms with Crippen LogP contribution in [0.25, 0.3) is 0 Å². The summed E-state index contributed by atoms with van der Waals surface area (Å²) in [6.45, 7) is 1.23. The van der Waals surface area contributed by atoms with E-state index in [1.54, 1.807) is 7.11 Å². The van der Waals surface area contributed by atoms with E-state index in [-0.39, 0.29) is 24.2 Å². The molecule has 0 spiro atoms. The first-order valence-electron chi connectivity index (χ1n) is 7.70. The van der Waals surface area contributed by atoms with Gasteiger partial charge in [0.1, 0.15) is 0 Å². The second kappa shape index (κ2) is 8.85. The molecular formula is C15H23N3O3S. The zero-order chi connectivity index (χ0) is 15.8. The molecule has 7 heteroatoms. The molecule has 0 aliphatic heterocycles. The highest BCUT2D eigenvalue weighted by Gasteiger charge is 2.23. The van der Waals surface area contributed by atoms with Crippen LogP contribution in [-0.2, 0) is 20.7 Å². The van der Waals surface area contributed by atoms with E-state index in [0.717, 1.165) is 32.1 Å². The van der Waals surface area contributed by atoms with Gasteiger partial charge in [-0.2, -0.15) is 0 Å². The van der Waals surface area contributed by atoms with Gasteiger partial charge in [-0.15, -0.1) is 11.3 Å². The molecule has 22 heavy (non-hydrogen) atoms. The van der Waals surface area contributed by atoms with Crippen molar-refractivity contribution >= 4 is 28.3 Å². The van der Waals surface area contributed by atoms with E-state index in [1.165, 1.54) is 11.3 Å². The van der Waals surface area contributed by atoms with Crippen LogP contribution in [0.4, 0.5) is 5.13 Å². The predicted octanol–water partition coefficient (Wildman–Crippen LogP) is 1.97. The summed E-state index contributed by atoms with van der Waals surface area (Å²) in [5, 5.41) is 8.08. The minimum absolute atomic E-state index is 0.0578. The number of carbonyl (C=O) groups is 2. The van der Waals surface area contributed by atoms with Gasteiger partial charge in [-0.05, 0) is 19.3 Å². The first-order valence-corrected chi connectivity index (χ1v) is 8.58. The molecule has 6 nitrogen and oxygen atoms in total. The molecule has 1 aliphatic rings. The smallest absolute Gasteiger partial charge is 0.229 e. The molecule has 0 radical (unpaired) electrons. The minimum Gasteiger partial charge on any atom is -0.385 e. The fraction of sp³-hybridized carbons (Fsp3) is 0.667. The maximum absolute atomic E-state index is 12.0. The summed E-state index contributed by atoms with van der Waals surface area (Å²) < 4.78 is 4.92. The molecule has 1 heterocycles. The van der Waals surface area contributed by atoms with E-state index < -0.39 is 0 Å². The summed E-state index contributed by atoms with van der Waals surface area (Å²) in [5.41, 5.74) is 0.691. The van der Waals surface area contributed by atoms with Crippen molar-refractivity contribution in [2.75, 3.05) is 25.6 Å². The van der Waals surface area contributed by atoms with E-state index in [9.17, 15) is 9.59 Å². The number of hydrogen-bond acceptors (Lipinski definition) is 5. The Kier molecular flexibility index (Phi) is 6.79. The summed E-state index contributed by atoms with van der Waals surface area (Å²) in [5.74, 6) is 0.119. The van der Waals surface area contributed by atoms with Crippen molar-refractivity contribution in [2.24, 2.45) is 5.92 Å². The SMILES string of the molecule is COCCCNC(=O)Cc1csc(NC(=O)C2CCCC2)n1. The van der Waals surface area contributed by atoms with Gasteiger partial charge in [0.05, 0.1) is 12.1 Å². The van der Waals surface area contributed by atoms with Crippen molar-refractivity contribution in [1.82, 2.24) is 10.3 Å². The second-order valence-corrected chi connectivity index (χ2v) is 6.35. The van der Waals surface area contributed by atoms with Crippen LogP contribution in [0.1, 0.15) is 37.8 Å². The van der Waals surface area contributed by atoms with Crippen LogP contribution < -0.4 is 10.6 Å². The van der Waals surface area contributed by atoms with Crippen LogP contribution >= 0.6 is 11.3 Å². The topological polar surface area (TPSA) is 80.3 Å². The highest BCUT2D eigenvalue weighted by atomic mass is 32.1. The van der Waals surface area contributed by atoms with Gasteiger partial charge in [0.15, 0.2) is 5.13 Å². The molecule has 1 aliphatic carbocycles. The first kappa shape index (κ1) is 16.9. The van der Waals surface area contributed by atoms with E-state index in [2.05, 4.69) is 15.6 Å². The Morgan fingerprint density at radius 2 is 2.18 bits per heavy atom. The van der Waals surface area contributed by atoms with E-state index in [1.807, 2.05) is 5.38 Å². The third-order valence-electron chi connectivity index (χ3n) is 3.70. The maximum atomic E-state index is 12.0. The Morgan fingerprint density at radius 3 is 2.91 bits per heavy atom. The Morgan fingerprint density at radius 1 is 1.41 bits per heavy atom. The lowest BCUT2D eigenvalue weighted by Crippen LogP contribution is -2.26. The van der Waals surface area contributed by atoms with Crippen LogP contribution in [-0.4, -0.2) is 37.1 Å². The molecule has 0 aromatic carbocycles. The maximum Gasteiger partial charge on any atom is 0.229 e. The van der Waals surface area contributed by atoms with Gasteiger partial charge in [-0.1, -0.05) is 12.8 Å². The number of hydrogen-bond donors (Lipinski definition) is 2. The zero-order valence-corrected chi connectivity index (χ0v) is 13.7. The average molecular weight is 325 g/mol. The van der Waals surface area contributed by atoms with Crippen molar-refractivity contribution in [3.63, 3.8) is 0 Å². The number of ether oxygens (including phenoxy) is 1. The number of aromatic nitrogens is 1. The molecule has 2 N–H and O–H groups in total. The third-order valence-corrected chi connectivity index (χ3v) is 4.50. The van der Waals surface area contributed by atoms with Crippen LogP contribution in [0.3, 0.4) is 0 Å². The highest BCUT2D eigenvalue weighted by molar-refractivity contribution is 7.13. The molecule has 2 amide bonds. The lowest BCUT2D eigenvalue weighted by Gasteiger charge is -2.07. The molecule has 0 unspecified atom stereocenters. The minimum atomic E-state index is -0.0601. The van der Waals surface area contributed by atoms with Crippen molar-refractivity contribution < 1.29 is 14.3 Å². The van der Waals surface area contributed by atoms with Gasteiger partial charge >= 0.3 is 0 Å². The van der Waals surface area contributed by atoms with E-state index >= 15 is 0 Å². The van der Waals surface area contributed by atoms with Gasteiger partial charge in [-0.3, -0.25) is 9.59 Å². The van der Waals surface area contributed by atoms with Crippen LogP contribution in [0.15, 0.2) is 5.38 Å². The van der Waals surface area contributed by atoms with Gasteiger partial charge in [-0.25, -0.2) is 4.98 Å². The summed E-state index contributed by atoms with van der Waals surface area (Å²) in [7, 11) is 1.64. The average Bonchev–Trinajstić information content (AvgIpc) is 3.15. The summed E-state index contributed by atoms with van der Waals surface area (Å²) in [6, 6.07) is 0. The van der Waals surface area contributed by atoms with Crippen LogP contribution in [0.5, 0.6) is 0 Å². The van der Waals surface area contributed by atoms with Crippen molar-refractivity contribution in [3.8, 4) is 0 Å². The Balaban J connectivity index is 1.73. The Labute approximate surface area is 134 Å². The van der Waals surface area contributed by atoms with Gasteiger partial charge < -0.3 is 15.4 Å². The van der Waals surface area contributed by atoms with Gasteiger partial charge in [0.25, 0.3) is 0 Å². The molecule has 2 rings (SSSR count). The standard InChI is InChI=1S/C15H23N3O3S/c1-21-8-4-7-16-13(19)9-12-10-22-15(17-12)18-14(20)11-5-2-3-6-11/h10-11H,2-9H2,1H3,(H,16,19)(H,17,18,20). The van der Waals surface area contributed by atoms with Crippen molar-refractivity contribution in [1.29, 1.82) is 0 Å². The summed E-state index contributed by atoms with van der Waals surface area (Å²) >= 11 is 1.37. The lowest BCUT2D eigenvalue weighted by molar-refractivity contribution is -0.120. The summed E-state index contributed by atoms with van der Waals surface area (Å²) in [4.78, 5) is 28.1. The normalized spacial score (nSPS) is 15.0. The molecule has 1 aromatic heterocycles. The zero-order valence-electron chi connectivity index (χ0n) is 12.9. The molecular weight excluding hydrogens is 302 g/mol. The predicted molar refractivity (Wildman–Crippen MR) is 85.9 cm³/mol. The molecule has 0 atom stereocenters. The van der Waals surface area contributed by atoms with Gasteiger partial charge in [0.2, 0.25) is 11.8 Å². The molecule has 0 bridgehead atoms. The van der Waals surface area contributed by atoms with Gasteiger partial charge in [0, 0.05) is 31.6 Å². The first-order chi connectivity index (χ1) is 10.7. The van der Waals surface area contributed by atoms with Crippen LogP contribution in [0, 0.1) is 5.92 Å². The molecule has 1 fully saturated rings. The summed E-state index contributed by atoms with van der Waals surface area (Å²) in [6.07, 6.45) is 5.22. The van der Waals surface area contributed by atoms with Crippen LogP contribution in [0.2, 0.25) is 0 Å². The monoisotopic (exact) mass is 325 g/mol. The number of amides is 2. The second-order valence-electron chi connectivity index (χ2n) is 5.49.